The monoisotopic (exact) mass is 497 g/mol. The summed E-state index contributed by atoms with van der Waals surface area (Å²) in [5, 5.41) is 11.4. The van der Waals surface area contributed by atoms with Crippen LogP contribution in [0, 0.1) is 6.92 Å². The van der Waals surface area contributed by atoms with Gasteiger partial charge in [0, 0.05) is 5.56 Å². The molecule has 1 aliphatic heterocycles. The molecule has 1 amide bonds. The first-order valence-electron chi connectivity index (χ1n) is 10.1. The van der Waals surface area contributed by atoms with E-state index in [0.717, 1.165) is 5.56 Å². The van der Waals surface area contributed by atoms with Crippen LogP contribution in [-0.4, -0.2) is 33.9 Å². The number of ketones is 1. The average molecular weight is 498 g/mol. The van der Waals surface area contributed by atoms with Crippen LogP contribution in [-0.2, 0) is 9.59 Å². The number of H-pyrrole nitrogens is 1. The van der Waals surface area contributed by atoms with Crippen molar-refractivity contribution in [2.75, 3.05) is 12.0 Å². The summed E-state index contributed by atoms with van der Waals surface area (Å²) in [6.07, 6.45) is 1.42. The molecule has 2 aromatic carbocycles. The summed E-state index contributed by atoms with van der Waals surface area (Å²) in [7, 11) is 1.41. The van der Waals surface area contributed by atoms with Gasteiger partial charge in [-0.05, 0) is 48.9 Å². The number of fused-ring (bicyclic) bond motifs is 1. The van der Waals surface area contributed by atoms with Crippen molar-refractivity contribution >= 4 is 57.6 Å². The number of aliphatic hydroxyl groups excluding tert-OH is 1. The van der Waals surface area contributed by atoms with Crippen LogP contribution in [0.25, 0.3) is 16.8 Å². The number of rotatable bonds is 4. The summed E-state index contributed by atoms with van der Waals surface area (Å²) < 4.78 is 10.7. The molecule has 1 atom stereocenters. The number of carbonyl (C=O) groups excluding carboxylic acids is 2. The Bertz CT molecular complexity index is 1470. The minimum atomic E-state index is -1.07. The highest BCUT2D eigenvalue weighted by molar-refractivity contribution is 6.51. The Morgan fingerprint density at radius 2 is 1.91 bits per heavy atom. The third-order valence-corrected chi connectivity index (χ3v) is 6.15. The van der Waals surface area contributed by atoms with E-state index in [1.807, 2.05) is 25.1 Å². The van der Waals surface area contributed by atoms with E-state index in [0.29, 0.717) is 11.0 Å². The normalized spacial score (nSPS) is 17.6. The van der Waals surface area contributed by atoms with Gasteiger partial charge in [-0.25, -0.2) is 4.98 Å². The Kier molecular flexibility index (Phi) is 5.34. The molecule has 1 fully saturated rings. The molecular weight excluding hydrogens is 481 g/mol. The molecule has 8 nitrogen and oxygen atoms in total. The number of hydrogen-bond acceptors (Lipinski definition) is 6. The zero-order valence-electron chi connectivity index (χ0n) is 17.9. The van der Waals surface area contributed by atoms with Gasteiger partial charge < -0.3 is 19.2 Å². The predicted molar refractivity (Wildman–Crippen MR) is 127 cm³/mol. The van der Waals surface area contributed by atoms with Gasteiger partial charge in [0.1, 0.15) is 17.6 Å². The Morgan fingerprint density at radius 3 is 2.56 bits per heavy atom. The van der Waals surface area contributed by atoms with Crippen molar-refractivity contribution in [3.63, 3.8) is 0 Å². The molecule has 34 heavy (non-hydrogen) atoms. The maximum Gasteiger partial charge on any atom is 0.302 e. The van der Waals surface area contributed by atoms with Crippen LogP contribution in [0.3, 0.4) is 0 Å². The number of aromatic nitrogens is 2. The second-order valence-electron chi connectivity index (χ2n) is 7.74. The first-order valence-corrected chi connectivity index (χ1v) is 10.9. The van der Waals surface area contributed by atoms with E-state index in [1.54, 1.807) is 12.1 Å². The van der Waals surface area contributed by atoms with Gasteiger partial charge in [-0.15, -0.1) is 0 Å². The number of benzene rings is 2. The largest absolute Gasteiger partial charge is 0.507 e. The van der Waals surface area contributed by atoms with Crippen LogP contribution in [0.15, 0.2) is 58.7 Å². The summed E-state index contributed by atoms with van der Waals surface area (Å²) in [4.78, 5) is 35.1. The molecule has 4 aromatic rings. The first kappa shape index (κ1) is 22.1. The number of Topliss-reactive ketones (excluding diaryl/α,β-unsaturated/α-hetero) is 1. The number of nitrogens with zero attached hydrogens (tertiary/aromatic N) is 2. The van der Waals surface area contributed by atoms with Crippen molar-refractivity contribution < 1.29 is 23.8 Å². The highest BCUT2D eigenvalue weighted by Crippen LogP contribution is 2.43. The highest BCUT2D eigenvalue weighted by Gasteiger charge is 2.49. The SMILES string of the molecule is COc1c(Cl)cc(/C(O)=C2\C(=O)C(=O)N(c3nc4ccc(C)cc4[nH]3)C2c2ccco2)cc1Cl. The molecule has 10 heteroatoms. The average Bonchev–Trinajstić information content (AvgIpc) is 3.51. The number of amides is 1. The molecule has 0 spiro atoms. The number of imidazole rings is 1. The number of ether oxygens (including phenoxy) is 1. The van der Waals surface area contributed by atoms with Crippen molar-refractivity contribution in [2.45, 2.75) is 13.0 Å². The van der Waals surface area contributed by atoms with Gasteiger partial charge in [-0.3, -0.25) is 14.5 Å². The number of nitrogens with one attached hydrogen (secondary N) is 1. The third kappa shape index (κ3) is 3.43. The highest BCUT2D eigenvalue weighted by atomic mass is 35.5. The van der Waals surface area contributed by atoms with Gasteiger partial charge in [0.15, 0.2) is 5.75 Å². The lowest BCUT2D eigenvalue weighted by Crippen LogP contribution is -2.30. The lowest BCUT2D eigenvalue weighted by Gasteiger charge is -2.20. The van der Waals surface area contributed by atoms with Crippen LogP contribution in [0.5, 0.6) is 5.75 Å². The fourth-order valence-corrected chi connectivity index (χ4v) is 4.68. The Morgan fingerprint density at radius 1 is 1.18 bits per heavy atom. The molecule has 2 N–H and O–H groups in total. The van der Waals surface area contributed by atoms with Crippen molar-refractivity contribution in [2.24, 2.45) is 0 Å². The molecule has 172 valence electrons. The van der Waals surface area contributed by atoms with Gasteiger partial charge in [-0.2, -0.15) is 0 Å². The Balaban J connectivity index is 1.71. The number of furan rings is 1. The number of hydrogen-bond donors (Lipinski definition) is 2. The summed E-state index contributed by atoms with van der Waals surface area (Å²) in [5.41, 5.74) is 2.28. The molecule has 1 unspecified atom stereocenters. The molecule has 0 saturated carbocycles. The molecule has 1 aliphatic rings. The number of aliphatic hydroxyl groups is 1. The van der Waals surface area contributed by atoms with Crippen molar-refractivity contribution in [3.8, 4) is 5.75 Å². The Hall–Kier alpha value is -3.75. The van der Waals surface area contributed by atoms with Crippen LogP contribution in [0.4, 0.5) is 5.95 Å². The van der Waals surface area contributed by atoms with Gasteiger partial charge in [0.2, 0.25) is 5.95 Å². The summed E-state index contributed by atoms with van der Waals surface area (Å²) in [6, 6.07) is 10.5. The van der Waals surface area contributed by atoms with Crippen molar-refractivity contribution in [1.82, 2.24) is 9.97 Å². The maximum absolute atomic E-state index is 13.2. The van der Waals surface area contributed by atoms with E-state index < -0.39 is 23.5 Å². The predicted octanol–water partition coefficient (Wildman–Crippen LogP) is 5.41. The van der Waals surface area contributed by atoms with Gasteiger partial charge >= 0.3 is 5.91 Å². The molecule has 0 bridgehead atoms. The second kappa shape index (κ2) is 8.23. The van der Waals surface area contributed by atoms with Crippen LogP contribution < -0.4 is 9.64 Å². The van der Waals surface area contributed by atoms with Gasteiger partial charge in [0.05, 0.1) is 40.0 Å². The first-order chi connectivity index (χ1) is 16.3. The fourth-order valence-electron chi connectivity index (χ4n) is 4.04. The second-order valence-corrected chi connectivity index (χ2v) is 8.55. The summed E-state index contributed by atoms with van der Waals surface area (Å²) >= 11 is 12.5. The van der Waals surface area contributed by atoms with E-state index >= 15 is 0 Å². The van der Waals surface area contributed by atoms with E-state index in [2.05, 4.69) is 9.97 Å². The van der Waals surface area contributed by atoms with E-state index in [-0.39, 0.29) is 38.6 Å². The van der Waals surface area contributed by atoms with E-state index in [9.17, 15) is 14.7 Å². The topological polar surface area (TPSA) is 109 Å². The summed E-state index contributed by atoms with van der Waals surface area (Å²) in [6.45, 7) is 1.93. The number of aryl methyl sites for hydroxylation is 1. The van der Waals surface area contributed by atoms with Gasteiger partial charge in [0.25, 0.3) is 5.78 Å². The number of carbonyl (C=O) groups is 2. The molecule has 3 heterocycles. The lowest BCUT2D eigenvalue weighted by molar-refractivity contribution is -0.132. The minimum absolute atomic E-state index is 0.132. The zero-order chi connectivity index (χ0) is 24.1. The smallest absolute Gasteiger partial charge is 0.302 e. The van der Waals surface area contributed by atoms with Crippen LogP contribution in [0.2, 0.25) is 10.0 Å². The van der Waals surface area contributed by atoms with E-state index in [4.69, 9.17) is 32.4 Å². The summed E-state index contributed by atoms with van der Waals surface area (Å²) in [5.74, 6) is -1.60. The van der Waals surface area contributed by atoms with Crippen molar-refractivity contribution in [1.29, 1.82) is 0 Å². The number of aromatic amines is 1. The number of methoxy groups -OCH3 is 1. The Labute approximate surface area is 203 Å². The lowest BCUT2D eigenvalue weighted by atomic mass is 9.99. The third-order valence-electron chi connectivity index (χ3n) is 5.59. The molecule has 0 radical (unpaired) electrons. The maximum atomic E-state index is 13.2. The molecular formula is C24H17Cl2N3O5. The zero-order valence-corrected chi connectivity index (χ0v) is 19.4. The standard InChI is InChI=1S/C24H17Cl2N3O5/c1-11-5-6-15-16(8-11)28-24(27-15)29-19(17-4-3-7-34-17)18(21(31)23(29)32)20(30)12-9-13(25)22(33-2)14(26)10-12/h3-10,19,30H,1-2H3,(H,27,28)/b20-18+. The van der Waals surface area contributed by atoms with Gasteiger partial charge in [-0.1, -0.05) is 29.3 Å². The number of anilines is 1. The minimum Gasteiger partial charge on any atom is -0.507 e. The fraction of sp³-hybridized carbons (Fsp3) is 0.125. The molecule has 0 aliphatic carbocycles. The van der Waals surface area contributed by atoms with Crippen LogP contribution >= 0.6 is 23.2 Å². The molecule has 2 aromatic heterocycles. The van der Waals surface area contributed by atoms with Crippen LogP contribution in [0.1, 0.15) is 22.9 Å². The molecule has 1 saturated heterocycles. The quantitative estimate of drug-likeness (QED) is 0.221. The number of halogens is 2. The van der Waals surface area contributed by atoms with Crippen molar-refractivity contribution in [3.05, 3.63) is 81.2 Å². The van der Waals surface area contributed by atoms with E-state index in [1.165, 1.54) is 30.4 Å². The molecule has 5 rings (SSSR count).